The number of benzene rings is 2. The van der Waals surface area contributed by atoms with E-state index in [9.17, 15) is 9.90 Å². The second kappa shape index (κ2) is 9.32. The molecule has 0 bridgehead atoms. The molecule has 0 unspecified atom stereocenters. The van der Waals surface area contributed by atoms with Crippen molar-refractivity contribution in [2.24, 2.45) is 0 Å². The third-order valence-corrected chi connectivity index (χ3v) is 3.99. The summed E-state index contributed by atoms with van der Waals surface area (Å²) in [7, 11) is 3.15. The first-order valence-electron chi connectivity index (χ1n) is 8.32. The van der Waals surface area contributed by atoms with Crippen molar-refractivity contribution in [1.82, 2.24) is 5.32 Å². The maximum absolute atomic E-state index is 11.9. The summed E-state index contributed by atoms with van der Waals surface area (Å²) in [5.41, 5.74) is 3.83. The fourth-order valence-corrected chi connectivity index (χ4v) is 2.79. The molecule has 2 aromatic carbocycles. The SMILES string of the molecule is CCO[C@H](C(=O)OC)[C@H](O)c1ccc(-c2ccccc2)c(CNC)c1. The van der Waals surface area contributed by atoms with E-state index in [-0.39, 0.29) is 0 Å². The highest BCUT2D eigenvalue weighted by Gasteiger charge is 2.30. The van der Waals surface area contributed by atoms with E-state index in [1.54, 1.807) is 6.92 Å². The largest absolute Gasteiger partial charge is 0.467 e. The van der Waals surface area contributed by atoms with Gasteiger partial charge in [-0.25, -0.2) is 4.79 Å². The summed E-state index contributed by atoms with van der Waals surface area (Å²) in [5.74, 6) is -0.586. The molecule has 134 valence electrons. The molecule has 0 saturated heterocycles. The zero-order valence-corrected chi connectivity index (χ0v) is 14.9. The molecule has 5 nitrogen and oxygen atoms in total. The summed E-state index contributed by atoms with van der Waals surface area (Å²) in [6.07, 6.45) is -2.13. The Hall–Kier alpha value is -2.21. The van der Waals surface area contributed by atoms with Gasteiger partial charge in [-0.1, -0.05) is 48.5 Å². The Morgan fingerprint density at radius 2 is 1.92 bits per heavy atom. The summed E-state index contributed by atoms with van der Waals surface area (Å²) in [6, 6.07) is 15.7. The fraction of sp³-hybridized carbons (Fsp3) is 0.350. The van der Waals surface area contributed by atoms with Crippen LogP contribution in [0.1, 0.15) is 24.2 Å². The molecule has 0 aliphatic rings. The van der Waals surface area contributed by atoms with E-state index in [0.717, 1.165) is 16.7 Å². The van der Waals surface area contributed by atoms with Crippen LogP contribution in [0.4, 0.5) is 0 Å². The van der Waals surface area contributed by atoms with Gasteiger partial charge >= 0.3 is 5.97 Å². The van der Waals surface area contributed by atoms with Gasteiger partial charge < -0.3 is 19.9 Å². The number of carbonyl (C=O) groups is 1. The molecule has 2 aromatic rings. The van der Waals surface area contributed by atoms with Crippen molar-refractivity contribution in [2.75, 3.05) is 20.8 Å². The van der Waals surface area contributed by atoms with Crippen LogP contribution in [0.25, 0.3) is 11.1 Å². The van der Waals surface area contributed by atoms with Gasteiger partial charge in [-0.3, -0.25) is 0 Å². The summed E-state index contributed by atoms with van der Waals surface area (Å²) >= 11 is 0. The van der Waals surface area contributed by atoms with Gasteiger partial charge in [0.15, 0.2) is 6.10 Å². The third-order valence-electron chi connectivity index (χ3n) is 3.99. The zero-order chi connectivity index (χ0) is 18.2. The molecule has 0 aliphatic carbocycles. The van der Waals surface area contributed by atoms with Gasteiger partial charge in [-0.05, 0) is 36.2 Å². The molecule has 0 aliphatic heterocycles. The third kappa shape index (κ3) is 4.66. The average molecular weight is 343 g/mol. The van der Waals surface area contributed by atoms with E-state index < -0.39 is 18.2 Å². The van der Waals surface area contributed by atoms with Gasteiger partial charge in [0.05, 0.1) is 7.11 Å². The normalized spacial score (nSPS) is 13.3. The number of aliphatic hydroxyl groups is 1. The second-order valence-electron chi connectivity index (χ2n) is 5.66. The first-order chi connectivity index (χ1) is 12.1. The fourth-order valence-electron chi connectivity index (χ4n) is 2.79. The van der Waals surface area contributed by atoms with E-state index >= 15 is 0 Å². The Morgan fingerprint density at radius 1 is 1.20 bits per heavy atom. The molecule has 0 heterocycles. The predicted octanol–water partition coefficient (Wildman–Crippen LogP) is 2.68. The monoisotopic (exact) mass is 343 g/mol. The van der Waals surface area contributed by atoms with Crippen LogP contribution in [0.3, 0.4) is 0 Å². The van der Waals surface area contributed by atoms with Gasteiger partial charge in [-0.15, -0.1) is 0 Å². The van der Waals surface area contributed by atoms with Crippen molar-refractivity contribution in [3.8, 4) is 11.1 Å². The molecular weight excluding hydrogens is 318 g/mol. The minimum absolute atomic E-state index is 0.308. The van der Waals surface area contributed by atoms with E-state index in [1.165, 1.54) is 7.11 Å². The number of hydrogen-bond acceptors (Lipinski definition) is 5. The number of nitrogens with one attached hydrogen (secondary N) is 1. The molecule has 0 amide bonds. The smallest absolute Gasteiger partial charge is 0.338 e. The number of rotatable bonds is 8. The van der Waals surface area contributed by atoms with Gasteiger partial charge in [-0.2, -0.15) is 0 Å². The van der Waals surface area contributed by atoms with E-state index in [2.05, 4.69) is 5.32 Å². The van der Waals surface area contributed by atoms with Crippen molar-refractivity contribution in [2.45, 2.75) is 25.7 Å². The molecule has 2 rings (SSSR count). The first-order valence-corrected chi connectivity index (χ1v) is 8.32. The van der Waals surface area contributed by atoms with Gasteiger partial charge in [0.1, 0.15) is 6.10 Å². The standard InChI is InChI=1S/C20H25NO4/c1-4-25-19(20(23)24-3)18(22)15-10-11-17(16(12-15)13-21-2)14-8-6-5-7-9-14/h5-12,18-19,21-22H,4,13H2,1-3H3/t18-,19+/m1/s1. The van der Waals surface area contributed by atoms with Crippen molar-refractivity contribution in [3.05, 3.63) is 59.7 Å². The molecule has 2 N–H and O–H groups in total. The van der Waals surface area contributed by atoms with Crippen LogP contribution in [0.5, 0.6) is 0 Å². The lowest BCUT2D eigenvalue weighted by molar-refractivity contribution is -0.162. The summed E-state index contributed by atoms with van der Waals surface area (Å²) in [4.78, 5) is 11.9. The number of esters is 1. The highest BCUT2D eigenvalue weighted by molar-refractivity contribution is 5.76. The Kier molecular flexibility index (Phi) is 7.13. The van der Waals surface area contributed by atoms with Gasteiger partial charge in [0.25, 0.3) is 0 Å². The van der Waals surface area contributed by atoms with E-state index in [1.807, 2.05) is 55.6 Å². The number of hydrogen-bond donors (Lipinski definition) is 2. The topological polar surface area (TPSA) is 67.8 Å². The minimum atomic E-state index is -1.09. The quantitative estimate of drug-likeness (QED) is 0.721. The van der Waals surface area contributed by atoms with Crippen LogP contribution < -0.4 is 5.32 Å². The Balaban J connectivity index is 2.39. The highest BCUT2D eigenvalue weighted by atomic mass is 16.6. The molecule has 2 atom stereocenters. The number of carbonyl (C=O) groups excluding carboxylic acids is 1. The van der Waals surface area contributed by atoms with Crippen LogP contribution in [0.15, 0.2) is 48.5 Å². The van der Waals surface area contributed by atoms with Crippen molar-refractivity contribution in [3.63, 3.8) is 0 Å². The lowest BCUT2D eigenvalue weighted by Crippen LogP contribution is -2.32. The van der Waals surface area contributed by atoms with Crippen LogP contribution in [0.2, 0.25) is 0 Å². The Morgan fingerprint density at radius 3 is 2.52 bits per heavy atom. The maximum atomic E-state index is 11.9. The molecule has 0 saturated carbocycles. The van der Waals surface area contributed by atoms with Crippen molar-refractivity contribution < 1.29 is 19.4 Å². The van der Waals surface area contributed by atoms with E-state index in [4.69, 9.17) is 9.47 Å². The second-order valence-corrected chi connectivity index (χ2v) is 5.66. The first kappa shape index (κ1) is 19.1. The average Bonchev–Trinajstić information content (AvgIpc) is 2.66. The van der Waals surface area contributed by atoms with Gasteiger partial charge in [0.2, 0.25) is 0 Å². The van der Waals surface area contributed by atoms with Crippen molar-refractivity contribution >= 4 is 5.97 Å². The highest BCUT2D eigenvalue weighted by Crippen LogP contribution is 2.29. The molecule has 5 heteroatoms. The number of methoxy groups -OCH3 is 1. The summed E-state index contributed by atoms with van der Waals surface area (Å²) in [5, 5.41) is 13.8. The maximum Gasteiger partial charge on any atom is 0.338 e. The van der Waals surface area contributed by atoms with Gasteiger partial charge in [0, 0.05) is 13.2 Å². The molecule has 0 spiro atoms. The van der Waals surface area contributed by atoms with Crippen LogP contribution >= 0.6 is 0 Å². The van der Waals surface area contributed by atoms with Crippen LogP contribution in [-0.4, -0.2) is 37.9 Å². The van der Waals surface area contributed by atoms with Crippen LogP contribution in [0, 0.1) is 0 Å². The summed E-state index contributed by atoms with van der Waals surface area (Å²) in [6.45, 7) is 2.72. The zero-order valence-electron chi connectivity index (χ0n) is 14.9. The minimum Gasteiger partial charge on any atom is -0.467 e. The van der Waals surface area contributed by atoms with Crippen molar-refractivity contribution in [1.29, 1.82) is 0 Å². The lowest BCUT2D eigenvalue weighted by Gasteiger charge is -2.22. The lowest BCUT2D eigenvalue weighted by atomic mass is 9.94. The Labute approximate surface area is 148 Å². The van der Waals surface area contributed by atoms with Crippen LogP contribution in [-0.2, 0) is 20.8 Å². The summed E-state index contributed by atoms with van der Waals surface area (Å²) < 4.78 is 10.1. The molecule has 0 radical (unpaired) electrons. The van der Waals surface area contributed by atoms with E-state index in [0.29, 0.717) is 18.7 Å². The molecule has 0 aromatic heterocycles. The number of aliphatic hydroxyl groups excluding tert-OH is 1. The molecular formula is C20H25NO4. The predicted molar refractivity (Wildman–Crippen MR) is 97.0 cm³/mol. The number of ether oxygens (including phenoxy) is 2. The molecule has 25 heavy (non-hydrogen) atoms. The molecule has 0 fully saturated rings. The Bertz CT molecular complexity index is 687.